The molecule has 304 valence electrons. The van der Waals surface area contributed by atoms with Gasteiger partial charge in [0.15, 0.2) is 0 Å². The van der Waals surface area contributed by atoms with Crippen molar-refractivity contribution in [2.24, 2.45) is 5.73 Å². The number of hydrogen-bond donors (Lipinski definition) is 1. The molecule has 0 spiro atoms. The molecular weight excluding hydrogens is 812 g/mol. The monoisotopic (exact) mass is 825 g/mol. The molecule has 0 aromatic heterocycles. The van der Waals surface area contributed by atoms with Crippen molar-refractivity contribution < 1.29 is 133 Å². The van der Waals surface area contributed by atoms with E-state index in [0.29, 0.717) is 0 Å². The average molecular weight is 825 g/mol. The van der Waals surface area contributed by atoms with Gasteiger partial charge in [-0.15, -0.1) is 0 Å². The van der Waals surface area contributed by atoms with E-state index in [1.54, 1.807) is 0 Å². The molecule has 0 radical (unpaired) electrons. The summed E-state index contributed by atoms with van der Waals surface area (Å²) >= 11 is 0. The van der Waals surface area contributed by atoms with Crippen LogP contribution in [0.3, 0.4) is 0 Å². The highest BCUT2D eigenvalue weighted by atomic mass is 19.4. The van der Waals surface area contributed by atoms with Crippen LogP contribution in [0.1, 0.15) is 19.3 Å². The number of nitrogens with two attached hydrogens (primary N) is 1. The lowest BCUT2D eigenvalue weighted by atomic mass is 9.93. The van der Waals surface area contributed by atoms with Crippen molar-refractivity contribution in [3.8, 4) is 0 Å². The number of alkyl halides is 26. The quantitative estimate of drug-likeness (QED) is 0.119. The molecule has 0 rings (SSSR count). The Morgan fingerprint density at radius 2 is 0.667 bits per heavy atom. The van der Waals surface area contributed by atoms with Crippen molar-refractivity contribution in [3.05, 3.63) is 0 Å². The van der Waals surface area contributed by atoms with Gasteiger partial charge >= 0.3 is 83.5 Å². The maximum atomic E-state index is 13.7. The molecule has 0 saturated heterocycles. The van der Waals surface area contributed by atoms with Gasteiger partial charge in [-0.2, -0.15) is 114 Å². The second-order valence-corrected chi connectivity index (χ2v) is 9.70. The first kappa shape index (κ1) is 48.1. The van der Waals surface area contributed by atoms with Gasteiger partial charge in [0.2, 0.25) is 0 Å². The minimum Gasteiger partial charge on any atom is -0.465 e. The van der Waals surface area contributed by atoms with Crippen LogP contribution in [-0.4, -0.2) is 103 Å². The summed E-state index contributed by atoms with van der Waals surface area (Å²) < 4.78 is 346. The standard InChI is InChI=1S/C20H13F26NO4/c21-9(22,11(25,26)13(29,30)15(33,34)17(37,38)19(41,42)43)1-3-50-7(48)5-6(47)8(49)51-4-2-10(23,24)12(27,28)14(31,32)16(35,36)18(39,40)20(44,45)46/h6H,1-5,47H2/t6-/m0/s1. The van der Waals surface area contributed by atoms with Crippen molar-refractivity contribution in [3.63, 3.8) is 0 Å². The van der Waals surface area contributed by atoms with Crippen LogP contribution in [0.4, 0.5) is 114 Å². The normalized spacial score (nSPS) is 16.2. The van der Waals surface area contributed by atoms with Crippen LogP contribution in [0.15, 0.2) is 0 Å². The van der Waals surface area contributed by atoms with Crippen LogP contribution < -0.4 is 5.73 Å². The molecule has 0 unspecified atom stereocenters. The van der Waals surface area contributed by atoms with Gasteiger partial charge < -0.3 is 15.2 Å². The Kier molecular flexibility index (Phi) is 13.0. The predicted octanol–water partition coefficient (Wildman–Crippen LogP) is 8.05. The summed E-state index contributed by atoms with van der Waals surface area (Å²) in [7, 11) is 0. The Morgan fingerprint density at radius 1 is 0.412 bits per heavy atom. The van der Waals surface area contributed by atoms with Gasteiger partial charge in [0.25, 0.3) is 0 Å². The number of carbonyl (C=O) groups excluding carboxylic acids is 2. The van der Waals surface area contributed by atoms with Gasteiger partial charge in [0.05, 0.1) is 32.5 Å². The zero-order valence-electron chi connectivity index (χ0n) is 23.2. The largest absolute Gasteiger partial charge is 0.465 e. The van der Waals surface area contributed by atoms with E-state index in [9.17, 15) is 124 Å². The number of halogens is 26. The van der Waals surface area contributed by atoms with Crippen molar-refractivity contribution >= 4 is 11.9 Å². The molecule has 0 fully saturated rings. The molecular formula is C20H13F26NO4. The first-order valence-electron chi connectivity index (χ1n) is 11.9. The van der Waals surface area contributed by atoms with E-state index in [4.69, 9.17) is 5.73 Å². The minimum absolute atomic E-state index is 1.86. The second kappa shape index (κ2) is 13.8. The van der Waals surface area contributed by atoms with Crippen LogP contribution in [0.2, 0.25) is 0 Å². The highest BCUT2D eigenvalue weighted by Crippen LogP contribution is 2.62. The highest BCUT2D eigenvalue weighted by Gasteiger charge is 2.92. The Labute approximate surface area is 262 Å². The van der Waals surface area contributed by atoms with E-state index < -0.39 is 122 Å². The van der Waals surface area contributed by atoms with Gasteiger partial charge in [-0.05, 0) is 0 Å². The molecule has 0 aromatic carbocycles. The summed E-state index contributed by atoms with van der Waals surface area (Å²) in [5, 5.41) is 0. The Hall–Kier alpha value is -2.92. The maximum Gasteiger partial charge on any atom is 0.460 e. The zero-order chi connectivity index (χ0) is 41.7. The summed E-state index contributed by atoms with van der Waals surface area (Å²) in [6.07, 6.45) is -23.5. The second-order valence-electron chi connectivity index (χ2n) is 9.70. The third-order valence-corrected chi connectivity index (χ3v) is 6.03. The van der Waals surface area contributed by atoms with Crippen LogP contribution in [0.25, 0.3) is 0 Å². The van der Waals surface area contributed by atoms with E-state index in [0.717, 1.165) is 0 Å². The smallest absolute Gasteiger partial charge is 0.460 e. The van der Waals surface area contributed by atoms with Crippen molar-refractivity contribution in [2.45, 2.75) is 96.9 Å². The maximum absolute atomic E-state index is 13.7. The molecule has 0 aliphatic carbocycles. The lowest BCUT2D eigenvalue weighted by molar-refractivity contribution is -0.440. The number of carbonyl (C=O) groups is 2. The van der Waals surface area contributed by atoms with Gasteiger partial charge in [0.1, 0.15) is 6.04 Å². The van der Waals surface area contributed by atoms with Gasteiger partial charge in [0, 0.05) is 0 Å². The van der Waals surface area contributed by atoms with Crippen LogP contribution in [0.5, 0.6) is 0 Å². The highest BCUT2D eigenvalue weighted by molar-refractivity contribution is 5.82. The summed E-state index contributed by atoms with van der Waals surface area (Å²) in [6, 6.07) is -2.72. The number of hydrogen-bond acceptors (Lipinski definition) is 5. The van der Waals surface area contributed by atoms with E-state index >= 15 is 0 Å². The number of ether oxygens (including phenoxy) is 2. The fourth-order valence-corrected chi connectivity index (χ4v) is 2.92. The molecule has 0 heterocycles. The third kappa shape index (κ3) is 8.04. The molecule has 0 aromatic rings. The molecule has 0 bridgehead atoms. The Morgan fingerprint density at radius 3 is 0.941 bits per heavy atom. The molecule has 2 N–H and O–H groups in total. The summed E-state index contributed by atoms with van der Waals surface area (Å²) in [5.74, 6) is -82.7. The average Bonchev–Trinajstić information content (AvgIpc) is 2.90. The lowest BCUT2D eigenvalue weighted by Gasteiger charge is -2.39. The molecule has 0 saturated carbocycles. The fourth-order valence-electron chi connectivity index (χ4n) is 2.92. The molecule has 5 nitrogen and oxygen atoms in total. The first-order valence-corrected chi connectivity index (χ1v) is 11.9. The van der Waals surface area contributed by atoms with Crippen LogP contribution in [0, 0.1) is 0 Å². The van der Waals surface area contributed by atoms with Gasteiger partial charge in [-0.25, -0.2) is 0 Å². The van der Waals surface area contributed by atoms with Crippen LogP contribution >= 0.6 is 0 Å². The van der Waals surface area contributed by atoms with Gasteiger partial charge in [-0.1, -0.05) is 0 Å². The first-order chi connectivity index (χ1) is 21.9. The number of esters is 2. The van der Waals surface area contributed by atoms with E-state index in [1.165, 1.54) is 0 Å². The molecule has 0 aliphatic heterocycles. The minimum atomic E-state index is -8.27. The molecule has 1 atom stereocenters. The van der Waals surface area contributed by atoms with E-state index in [1.807, 2.05) is 0 Å². The predicted molar refractivity (Wildman–Crippen MR) is 105 cm³/mol. The van der Waals surface area contributed by atoms with Crippen molar-refractivity contribution in [2.75, 3.05) is 13.2 Å². The van der Waals surface area contributed by atoms with E-state index in [2.05, 4.69) is 9.47 Å². The molecule has 0 amide bonds. The third-order valence-electron chi connectivity index (χ3n) is 6.03. The topological polar surface area (TPSA) is 78.6 Å². The summed E-state index contributed by atoms with van der Waals surface area (Å²) in [6.45, 7) is -4.79. The SMILES string of the molecule is N[C@@H](CC(=O)OCCC(F)(F)C(F)(F)C(F)(F)C(F)(F)C(F)(F)C(F)(F)F)C(=O)OCCC(F)(F)C(F)(F)C(F)(F)C(F)(F)C(F)(F)C(F)(F)F. The molecule has 31 heteroatoms. The van der Waals surface area contributed by atoms with E-state index in [-0.39, 0.29) is 0 Å². The molecule has 51 heavy (non-hydrogen) atoms. The fraction of sp³-hybridized carbons (Fsp3) is 0.900. The zero-order valence-corrected chi connectivity index (χ0v) is 23.2. The van der Waals surface area contributed by atoms with Crippen molar-refractivity contribution in [1.29, 1.82) is 0 Å². The summed E-state index contributed by atoms with van der Waals surface area (Å²) in [4.78, 5) is 23.0. The van der Waals surface area contributed by atoms with Gasteiger partial charge in [-0.3, -0.25) is 9.59 Å². The number of rotatable bonds is 17. The summed E-state index contributed by atoms with van der Waals surface area (Å²) in [5.41, 5.74) is 4.84. The Bertz CT molecular complexity index is 1240. The van der Waals surface area contributed by atoms with Crippen molar-refractivity contribution in [1.82, 2.24) is 0 Å². The molecule has 0 aliphatic rings. The lowest BCUT2D eigenvalue weighted by Crippen LogP contribution is -2.70. The van der Waals surface area contributed by atoms with Crippen LogP contribution in [-0.2, 0) is 19.1 Å². The Balaban J connectivity index is 5.50.